The molecule has 1 amide bonds. The number of nitrogens with zero attached hydrogens (tertiary/aromatic N) is 1. The first kappa shape index (κ1) is 22.6. The topological polar surface area (TPSA) is 66.5 Å². The van der Waals surface area contributed by atoms with Crippen molar-refractivity contribution in [3.63, 3.8) is 0 Å². The summed E-state index contributed by atoms with van der Waals surface area (Å²) in [5, 5.41) is 3.08. The zero-order valence-corrected chi connectivity index (χ0v) is 17.8. The molecule has 152 valence electrons. The van der Waals surface area contributed by atoms with Crippen LogP contribution in [0.2, 0.25) is 10.0 Å². The van der Waals surface area contributed by atoms with E-state index in [4.69, 9.17) is 23.2 Å². The molecule has 0 heterocycles. The van der Waals surface area contributed by atoms with Crippen molar-refractivity contribution < 1.29 is 17.6 Å². The van der Waals surface area contributed by atoms with Gasteiger partial charge in [-0.1, -0.05) is 43.5 Å². The van der Waals surface area contributed by atoms with Crippen molar-refractivity contribution in [2.45, 2.75) is 31.6 Å². The summed E-state index contributed by atoms with van der Waals surface area (Å²) < 4.78 is 41.2. The monoisotopic (exact) mass is 446 g/mol. The van der Waals surface area contributed by atoms with Gasteiger partial charge in [-0.25, -0.2) is 12.8 Å². The number of carbonyl (C=O) groups is 1. The number of benzene rings is 2. The largest absolute Gasteiger partial charge is 0.322 e. The van der Waals surface area contributed by atoms with Gasteiger partial charge >= 0.3 is 0 Å². The van der Waals surface area contributed by atoms with E-state index >= 15 is 0 Å². The van der Waals surface area contributed by atoms with E-state index < -0.39 is 21.7 Å². The summed E-state index contributed by atoms with van der Waals surface area (Å²) in [6.07, 6.45) is 1.54. The van der Waals surface area contributed by atoms with Gasteiger partial charge < -0.3 is 5.32 Å². The summed E-state index contributed by atoms with van der Waals surface area (Å²) in [4.78, 5) is 12.4. The van der Waals surface area contributed by atoms with Gasteiger partial charge in [-0.05, 0) is 42.8 Å². The molecule has 0 unspecified atom stereocenters. The Bertz CT molecular complexity index is 947. The van der Waals surface area contributed by atoms with E-state index in [1.807, 2.05) is 6.92 Å². The van der Waals surface area contributed by atoms with Gasteiger partial charge in [0.2, 0.25) is 10.0 Å². The lowest BCUT2D eigenvalue weighted by atomic mass is 10.2. The SMILES string of the molecule is CCCCN(CC)S(=O)(=O)c1ccc(F)c(C(=O)Nc2cc(Cl)cc(Cl)c2)c1. The van der Waals surface area contributed by atoms with Crippen LogP contribution >= 0.6 is 23.2 Å². The van der Waals surface area contributed by atoms with Crippen LogP contribution in [-0.2, 0) is 10.0 Å². The molecular formula is C19H21Cl2FN2O3S. The lowest BCUT2D eigenvalue weighted by Gasteiger charge is -2.20. The standard InChI is InChI=1S/C19H21Cl2FN2O3S/c1-3-5-8-24(4-2)28(26,27)16-6-7-18(22)17(12-16)19(25)23-15-10-13(20)9-14(21)11-15/h6-7,9-12H,3-5,8H2,1-2H3,(H,23,25). The van der Waals surface area contributed by atoms with Crippen LogP contribution in [0.1, 0.15) is 37.0 Å². The van der Waals surface area contributed by atoms with Gasteiger partial charge in [0.15, 0.2) is 0 Å². The van der Waals surface area contributed by atoms with E-state index in [1.165, 1.54) is 22.5 Å². The zero-order valence-electron chi connectivity index (χ0n) is 15.5. The number of nitrogens with one attached hydrogen (secondary N) is 1. The van der Waals surface area contributed by atoms with E-state index in [9.17, 15) is 17.6 Å². The predicted octanol–water partition coefficient (Wildman–Crippen LogP) is 5.20. The van der Waals surface area contributed by atoms with E-state index in [-0.39, 0.29) is 22.7 Å². The molecule has 5 nitrogen and oxygen atoms in total. The van der Waals surface area contributed by atoms with E-state index in [0.717, 1.165) is 24.6 Å². The highest BCUT2D eigenvalue weighted by molar-refractivity contribution is 7.89. The van der Waals surface area contributed by atoms with E-state index in [2.05, 4.69) is 5.32 Å². The number of amides is 1. The molecule has 0 radical (unpaired) electrons. The number of carbonyl (C=O) groups excluding carboxylic acids is 1. The fourth-order valence-corrected chi connectivity index (χ4v) is 4.64. The maximum atomic E-state index is 14.2. The molecule has 0 spiro atoms. The molecule has 2 aromatic rings. The van der Waals surface area contributed by atoms with Crippen molar-refractivity contribution in [2.24, 2.45) is 0 Å². The molecule has 0 saturated carbocycles. The first-order chi connectivity index (χ1) is 13.2. The van der Waals surface area contributed by atoms with Gasteiger partial charge in [0.25, 0.3) is 5.91 Å². The minimum absolute atomic E-state index is 0.138. The lowest BCUT2D eigenvalue weighted by Crippen LogP contribution is -2.32. The Hall–Kier alpha value is -1.67. The second-order valence-corrected chi connectivity index (χ2v) is 8.91. The summed E-state index contributed by atoms with van der Waals surface area (Å²) in [5.74, 6) is -1.63. The number of sulfonamides is 1. The number of rotatable bonds is 8. The number of hydrogen-bond donors (Lipinski definition) is 1. The summed E-state index contributed by atoms with van der Waals surface area (Å²) in [6.45, 7) is 4.33. The summed E-state index contributed by atoms with van der Waals surface area (Å²) in [7, 11) is -3.84. The second-order valence-electron chi connectivity index (χ2n) is 6.10. The van der Waals surface area contributed by atoms with Crippen molar-refractivity contribution in [1.82, 2.24) is 4.31 Å². The first-order valence-electron chi connectivity index (χ1n) is 8.76. The first-order valence-corrected chi connectivity index (χ1v) is 11.0. The Morgan fingerprint density at radius 2 is 1.75 bits per heavy atom. The molecule has 0 fully saturated rings. The van der Waals surface area contributed by atoms with Gasteiger partial charge in [-0.3, -0.25) is 4.79 Å². The maximum absolute atomic E-state index is 14.2. The van der Waals surface area contributed by atoms with Gasteiger partial charge in [-0.2, -0.15) is 4.31 Å². The fraction of sp³-hybridized carbons (Fsp3) is 0.316. The summed E-state index contributed by atoms with van der Waals surface area (Å²) in [5.41, 5.74) is -0.114. The minimum Gasteiger partial charge on any atom is -0.322 e. The molecule has 0 aliphatic carbocycles. The van der Waals surface area contributed by atoms with Crippen molar-refractivity contribution in [2.75, 3.05) is 18.4 Å². The Morgan fingerprint density at radius 3 is 2.32 bits per heavy atom. The summed E-state index contributed by atoms with van der Waals surface area (Å²) >= 11 is 11.8. The highest BCUT2D eigenvalue weighted by Crippen LogP contribution is 2.24. The fourth-order valence-electron chi connectivity index (χ4n) is 2.60. The maximum Gasteiger partial charge on any atom is 0.258 e. The van der Waals surface area contributed by atoms with Crippen LogP contribution in [0, 0.1) is 5.82 Å². The molecule has 28 heavy (non-hydrogen) atoms. The molecule has 9 heteroatoms. The molecule has 1 N–H and O–H groups in total. The molecule has 2 rings (SSSR count). The van der Waals surface area contributed by atoms with Crippen LogP contribution in [0.15, 0.2) is 41.3 Å². The van der Waals surface area contributed by atoms with E-state index in [1.54, 1.807) is 6.92 Å². The van der Waals surface area contributed by atoms with Gasteiger partial charge in [0.1, 0.15) is 5.82 Å². The second kappa shape index (κ2) is 9.69. The van der Waals surface area contributed by atoms with E-state index in [0.29, 0.717) is 23.0 Å². The quantitative estimate of drug-likeness (QED) is 0.605. The van der Waals surface area contributed by atoms with Crippen LogP contribution in [0.25, 0.3) is 0 Å². The predicted molar refractivity (Wildman–Crippen MR) is 110 cm³/mol. The summed E-state index contributed by atoms with van der Waals surface area (Å²) in [6, 6.07) is 7.57. The highest BCUT2D eigenvalue weighted by atomic mass is 35.5. The lowest BCUT2D eigenvalue weighted by molar-refractivity contribution is 0.102. The molecule has 0 atom stereocenters. The molecule has 0 aliphatic heterocycles. The molecule has 0 aliphatic rings. The Kier molecular flexibility index (Phi) is 7.83. The van der Waals surface area contributed by atoms with Gasteiger partial charge in [-0.15, -0.1) is 0 Å². The van der Waals surface area contributed by atoms with Crippen molar-refractivity contribution in [3.8, 4) is 0 Å². The van der Waals surface area contributed by atoms with Crippen LogP contribution < -0.4 is 5.32 Å². The number of hydrogen-bond acceptors (Lipinski definition) is 3. The Morgan fingerprint density at radius 1 is 1.11 bits per heavy atom. The zero-order chi connectivity index (χ0) is 20.9. The third-order valence-electron chi connectivity index (χ3n) is 4.05. The van der Waals surface area contributed by atoms with Crippen LogP contribution in [0.3, 0.4) is 0 Å². The molecular weight excluding hydrogens is 426 g/mol. The molecule has 0 aromatic heterocycles. The third kappa shape index (κ3) is 5.44. The van der Waals surface area contributed by atoms with Crippen LogP contribution in [0.5, 0.6) is 0 Å². The average molecular weight is 447 g/mol. The average Bonchev–Trinajstić information content (AvgIpc) is 2.61. The van der Waals surface area contributed by atoms with Crippen molar-refractivity contribution >= 4 is 44.8 Å². The molecule has 0 bridgehead atoms. The minimum atomic E-state index is -3.84. The smallest absolute Gasteiger partial charge is 0.258 e. The van der Waals surface area contributed by atoms with Crippen LogP contribution in [-0.4, -0.2) is 31.7 Å². The number of halogens is 3. The Balaban J connectivity index is 2.35. The van der Waals surface area contributed by atoms with Gasteiger partial charge in [0, 0.05) is 28.8 Å². The van der Waals surface area contributed by atoms with Gasteiger partial charge in [0.05, 0.1) is 10.5 Å². The van der Waals surface area contributed by atoms with Crippen molar-refractivity contribution in [3.05, 3.63) is 57.8 Å². The highest BCUT2D eigenvalue weighted by Gasteiger charge is 2.25. The normalized spacial score (nSPS) is 11.6. The number of anilines is 1. The third-order valence-corrected chi connectivity index (χ3v) is 6.46. The molecule has 2 aromatic carbocycles. The van der Waals surface area contributed by atoms with Crippen LogP contribution in [0.4, 0.5) is 10.1 Å². The number of unbranched alkanes of at least 4 members (excludes halogenated alkanes) is 1. The van der Waals surface area contributed by atoms with Crippen molar-refractivity contribution in [1.29, 1.82) is 0 Å². The molecule has 0 saturated heterocycles. The Labute approximate surface area is 174 Å².